The Morgan fingerprint density at radius 1 is 0.857 bits per heavy atom. The number of hydrogen-bond donors (Lipinski definition) is 0. The van der Waals surface area contributed by atoms with E-state index in [9.17, 15) is 9.59 Å². The molecule has 3 fully saturated rings. The molecule has 3 aliphatic rings. The van der Waals surface area contributed by atoms with Gasteiger partial charge in [-0.2, -0.15) is 0 Å². The molecule has 5 heteroatoms. The molecule has 1 saturated carbocycles. The smallest absolute Gasteiger partial charge is 0.257 e. The number of nitrogens with zero attached hydrogens (tertiary/aromatic N) is 2. The van der Waals surface area contributed by atoms with Gasteiger partial charge < -0.3 is 14.5 Å². The van der Waals surface area contributed by atoms with Gasteiger partial charge in [-0.1, -0.05) is 25.0 Å². The van der Waals surface area contributed by atoms with Crippen LogP contribution < -0.4 is 4.74 Å². The van der Waals surface area contributed by atoms with Gasteiger partial charge in [0.1, 0.15) is 5.75 Å². The highest BCUT2D eigenvalue weighted by atomic mass is 16.5. The number of amides is 2. The molecule has 0 atom stereocenters. The molecule has 1 aromatic rings. The molecule has 2 heterocycles. The molecule has 1 aliphatic carbocycles. The van der Waals surface area contributed by atoms with Crippen molar-refractivity contribution in [3.63, 3.8) is 0 Å². The summed E-state index contributed by atoms with van der Waals surface area (Å²) >= 11 is 0. The van der Waals surface area contributed by atoms with Crippen LogP contribution in [0.15, 0.2) is 24.3 Å². The Morgan fingerprint density at radius 2 is 1.54 bits per heavy atom. The Kier molecular flexibility index (Phi) is 6.18. The van der Waals surface area contributed by atoms with Gasteiger partial charge in [0, 0.05) is 32.1 Å². The second kappa shape index (κ2) is 8.97. The summed E-state index contributed by atoms with van der Waals surface area (Å²) in [7, 11) is 0. The first-order valence-corrected chi connectivity index (χ1v) is 11.0. The van der Waals surface area contributed by atoms with Crippen molar-refractivity contribution in [2.24, 2.45) is 11.8 Å². The van der Waals surface area contributed by atoms with E-state index in [0.717, 1.165) is 64.7 Å². The molecule has 0 spiro atoms. The number of rotatable bonds is 5. The maximum absolute atomic E-state index is 12.8. The molecule has 0 N–H and O–H groups in total. The van der Waals surface area contributed by atoms with E-state index < -0.39 is 0 Å². The molecule has 0 unspecified atom stereocenters. The molecule has 4 rings (SSSR count). The van der Waals surface area contributed by atoms with Crippen molar-refractivity contribution >= 4 is 11.8 Å². The summed E-state index contributed by atoms with van der Waals surface area (Å²) in [6, 6.07) is 7.61. The number of carbonyl (C=O) groups excluding carboxylic acids is 2. The highest BCUT2D eigenvalue weighted by Crippen LogP contribution is 2.29. The van der Waals surface area contributed by atoms with Crippen molar-refractivity contribution in [3.8, 4) is 5.75 Å². The predicted octanol–water partition coefficient (Wildman–Crippen LogP) is 3.73. The number of likely N-dealkylation sites (tertiary alicyclic amines) is 2. The van der Waals surface area contributed by atoms with Crippen LogP contribution in [0, 0.1) is 11.8 Å². The lowest BCUT2D eigenvalue weighted by Crippen LogP contribution is -2.42. The summed E-state index contributed by atoms with van der Waals surface area (Å²) in [6.07, 6.45) is 8.71. The molecule has 0 aromatic heterocycles. The van der Waals surface area contributed by atoms with Crippen molar-refractivity contribution in [2.75, 3.05) is 32.8 Å². The van der Waals surface area contributed by atoms with Crippen LogP contribution in [0.2, 0.25) is 0 Å². The third-order valence-electron chi connectivity index (χ3n) is 6.62. The monoisotopic (exact) mass is 384 g/mol. The zero-order chi connectivity index (χ0) is 19.3. The number of carbonyl (C=O) groups is 2. The highest BCUT2D eigenvalue weighted by Gasteiger charge is 2.30. The maximum Gasteiger partial charge on any atom is 0.257 e. The first-order valence-electron chi connectivity index (χ1n) is 11.0. The van der Waals surface area contributed by atoms with E-state index in [2.05, 4.69) is 4.90 Å². The van der Waals surface area contributed by atoms with Gasteiger partial charge in [0.2, 0.25) is 5.91 Å². The van der Waals surface area contributed by atoms with E-state index in [1.165, 1.54) is 12.8 Å². The number of benzene rings is 1. The molecular formula is C23H32N2O3. The normalized spacial score (nSPS) is 21.3. The highest BCUT2D eigenvalue weighted by molar-refractivity contribution is 5.97. The van der Waals surface area contributed by atoms with E-state index in [4.69, 9.17) is 4.74 Å². The number of para-hydroxylation sites is 1. The van der Waals surface area contributed by atoms with Crippen LogP contribution in [0.25, 0.3) is 0 Å². The Balaban J connectivity index is 1.28. The fourth-order valence-corrected chi connectivity index (χ4v) is 4.82. The molecule has 2 amide bonds. The van der Waals surface area contributed by atoms with Crippen molar-refractivity contribution in [3.05, 3.63) is 29.8 Å². The van der Waals surface area contributed by atoms with Crippen LogP contribution in [0.5, 0.6) is 5.75 Å². The quantitative estimate of drug-likeness (QED) is 0.777. The summed E-state index contributed by atoms with van der Waals surface area (Å²) < 4.78 is 6.10. The Labute approximate surface area is 168 Å². The van der Waals surface area contributed by atoms with Gasteiger partial charge in [-0.05, 0) is 56.6 Å². The van der Waals surface area contributed by atoms with Crippen LogP contribution in [0.4, 0.5) is 0 Å². The predicted molar refractivity (Wildman–Crippen MR) is 108 cm³/mol. The largest absolute Gasteiger partial charge is 0.492 e. The minimum absolute atomic E-state index is 0.0880. The van der Waals surface area contributed by atoms with E-state index in [1.54, 1.807) is 0 Å². The molecule has 1 aromatic carbocycles. The van der Waals surface area contributed by atoms with E-state index >= 15 is 0 Å². The third-order valence-corrected chi connectivity index (χ3v) is 6.62. The number of hydrogen-bond acceptors (Lipinski definition) is 3. The second-order valence-corrected chi connectivity index (χ2v) is 8.56. The fraction of sp³-hybridized carbons (Fsp3) is 0.652. The van der Waals surface area contributed by atoms with E-state index in [1.807, 2.05) is 29.2 Å². The van der Waals surface area contributed by atoms with Crippen LogP contribution >= 0.6 is 0 Å². The topological polar surface area (TPSA) is 49.9 Å². The van der Waals surface area contributed by atoms with Crippen LogP contribution in [-0.4, -0.2) is 54.4 Å². The number of ether oxygens (including phenoxy) is 1. The van der Waals surface area contributed by atoms with Gasteiger partial charge in [0.05, 0.1) is 12.2 Å². The lowest BCUT2D eigenvalue weighted by molar-refractivity contribution is -0.136. The first-order chi connectivity index (χ1) is 13.7. The molecule has 2 saturated heterocycles. The van der Waals surface area contributed by atoms with E-state index in [-0.39, 0.29) is 11.8 Å². The minimum Gasteiger partial charge on any atom is -0.492 e. The van der Waals surface area contributed by atoms with Gasteiger partial charge in [-0.25, -0.2) is 0 Å². The molecular weight excluding hydrogens is 352 g/mol. The molecule has 0 bridgehead atoms. The Morgan fingerprint density at radius 3 is 2.25 bits per heavy atom. The van der Waals surface area contributed by atoms with Gasteiger partial charge in [-0.15, -0.1) is 0 Å². The van der Waals surface area contributed by atoms with Crippen LogP contribution in [0.1, 0.15) is 61.7 Å². The van der Waals surface area contributed by atoms with E-state index in [0.29, 0.717) is 29.7 Å². The van der Waals surface area contributed by atoms with Crippen molar-refractivity contribution < 1.29 is 14.3 Å². The summed E-state index contributed by atoms with van der Waals surface area (Å²) in [5.41, 5.74) is 0.679. The molecule has 5 nitrogen and oxygen atoms in total. The van der Waals surface area contributed by atoms with Crippen molar-refractivity contribution in [1.29, 1.82) is 0 Å². The minimum atomic E-state index is 0.0880. The molecule has 152 valence electrons. The zero-order valence-electron chi connectivity index (χ0n) is 16.8. The van der Waals surface area contributed by atoms with Crippen molar-refractivity contribution in [2.45, 2.75) is 51.4 Å². The Bertz CT molecular complexity index is 685. The second-order valence-electron chi connectivity index (χ2n) is 8.56. The molecule has 2 aliphatic heterocycles. The summed E-state index contributed by atoms with van der Waals surface area (Å²) in [5, 5.41) is 0. The zero-order valence-corrected chi connectivity index (χ0v) is 16.8. The molecule has 28 heavy (non-hydrogen) atoms. The van der Waals surface area contributed by atoms with Crippen LogP contribution in [0.3, 0.4) is 0 Å². The summed E-state index contributed by atoms with van der Waals surface area (Å²) in [6.45, 7) is 4.01. The summed E-state index contributed by atoms with van der Waals surface area (Å²) in [4.78, 5) is 29.3. The van der Waals surface area contributed by atoms with Gasteiger partial charge >= 0.3 is 0 Å². The fourth-order valence-electron chi connectivity index (χ4n) is 4.82. The van der Waals surface area contributed by atoms with Gasteiger partial charge in [0.25, 0.3) is 5.91 Å². The van der Waals surface area contributed by atoms with Gasteiger partial charge in [-0.3, -0.25) is 9.59 Å². The maximum atomic E-state index is 12.8. The van der Waals surface area contributed by atoms with Crippen molar-refractivity contribution in [1.82, 2.24) is 9.80 Å². The standard InChI is InChI=1S/C23H32N2O3/c26-22(19-7-1-2-8-19)25-15-11-18(12-16-25)17-28-21-10-4-3-9-20(21)23(27)24-13-5-6-14-24/h3-4,9-10,18-19H,1-2,5-8,11-17H2. The SMILES string of the molecule is O=C(c1ccccc1OCC1CCN(C(=O)C2CCCC2)CC1)N1CCCC1. The third kappa shape index (κ3) is 4.34. The van der Waals surface area contributed by atoms with Gasteiger partial charge in [0.15, 0.2) is 0 Å². The number of piperidine rings is 1. The summed E-state index contributed by atoms with van der Waals surface area (Å²) in [5.74, 6) is 1.88. The van der Waals surface area contributed by atoms with Crippen LogP contribution in [-0.2, 0) is 4.79 Å². The first kappa shape index (κ1) is 19.3. The lowest BCUT2D eigenvalue weighted by atomic mass is 9.96. The Hall–Kier alpha value is -2.04. The average molecular weight is 385 g/mol. The average Bonchev–Trinajstić information content (AvgIpc) is 3.46. The molecule has 0 radical (unpaired) electrons. The lowest BCUT2D eigenvalue weighted by Gasteiger charge is -2.33.